The summed E-state index contributed by atoms with van der Waals surface area (Å²) in [5.41, 5.74) is 13.3. The average molecular weight is 608 g/mol. The van der Waals surface area contributed by atoms with Gasteiger partial charge in [0.25, 0.3) is 0 Å². The van der Waals surface area contributed by atoms with E-state index in [1.165, 1.54) is 87.9 Å². The maximum Gasteiger partial charge on any atom is 0.117 e. The first kappa shape index (κ1) is 27.4. The van der Waals surface area contributed by atoms with Gasteiger partial charge in [-0.25, -0.2) is 0 Å². The zero-order valence-corrected chi connectivity index (χ0v) is 28.1. The highest BCUT2D eigenvalue weighted by molar-refractivity contribution is 7.02. The molecule has 7 aromatic carbocycles. The molecule has 1 heterocycles. The molecule has 0 aromatic heterocycles. The number of hydrogen-bond acceptors (Lipinski definition) is 1. The molecule has 0 atom stereocenters. The Hall–Kier alpha value is -4.92. The molecule has 0 bridgehead atoms. The molecule has 0 saturated carbocycles. The molecule has 2 heteroatoms. The largest absolute Gasteiger partial charge is 0.309 e. The van der Waals surface area contributed by atoms with Crippen molar-refractivity contribution in [1.29, 1.82) is 0 Å². The highest BCUT2D eigenvalue weighted by Gasteiger charge is 2.39. The van der Waals surface area contributed by atoms with E-state index in [4.69, 9.17) is 0 Å². The van der Waals surface area contributed by atoms with Crippen molar-refractivity contribution in [3.63, 3.8) is 0 Å². The quantitative estimate of drug-likeness (QED) is 0.140. The van der Waals surface area contributed by atoms with E-state index < -0.39 is 8.07 Å². The zero-order chi connectivity index (χ0) is 31.4. The van der Waals surface area contributed by atoms with Crippen molar-refractivity contribution in [2.75, 3.05) is 4.90 Å². The van der Waals surface area contributed by atoms with Crippen LogP contribution in [0, 0.1) is 6.92 Å². The molecule has 0 spiro atoms. The van der Waals surface area contributed by atoms with Gasteiger partial charge in [-0.3, -0.25) is 0 Å². The monoisotopic (exact) mass is 607 g/mol. The molecule has 46 heavy (non-hydrogen) atoms. The van der Waals surface area contributed by atoms with Gasteiger partial charge in [0.15, 0.2) is 0 Å². The summed E-state index contributed by atoms with van der Waals surface area (Å²) in [6.45, 7) is 12.0. The zero-order valence-electron chi connectivity index (χ0n) is 27.1. The van der Waals surface area contributed by atoms with Crippen LogP contribution >= 0.6 is 0 Å². The van der Waals surface area contributed by atoms with Crippen LogP contribution in [-0.4, -0.2) is 8.07 Å². The second kappa shape index (κ2) is 9.54. The lowest BCUT2D eigenvalue weighted by atomic mass is 9.81. The normalized spacial score (nSPS) is 15.4. The minimum atomic E-state index is -1.91. The van der Waals surface area contributed by atoms with E-state index in [9.17, 15) is 0 Å². The Morgan fingerprint density at radius 2 is 1.11 bits per heavy atom. The van der Waals surface area contributed by atoms with Crippen molar-refractivity contribution in [1.82, 2.24) is 0 Å². The molecule has 7 aromatic rings. The molecular formula is C44H37NSi. The summed E-state index contributed by atoms with van der Waals surface area (Å²) in [6.07, 6.45) is 0. The molecule has 0 amide bonds. The highest BCUT2D eigenvalue weighted by Crippen LogP contribution is 2.52. The van der Waals surface area contributed by atoms with Gasteiger partial charge in [0.1, 0.15) is 8.07 Å². The molecule has 2 aliphatic rings. The van der Waals surface area contributed by atoms with Crippen LogP contribution in [0.3, 0.4) is 0 Å². The Morgan fingerprint density at radius 3 is 1.85 bits per heavy atom. The van der Waals surface area contributed by atoms with Crippen molar-refractivity contribution >= 4 is 57.1 Å². The summed E-state index contributed by atoms with van der Waals surface area (Å²) in [4.78, 5) is 2.58. The molecule has 1 aliphatic heterocycles. The van der Waals surface area contributed by atoms with Gasteiger partial charge in [-0.05, 0) is 79.6 Å². The third-order valence-corrected chi connectivity index (χ3v) is 14.4. The number of hydrogen-bond donors (Lipinski definition) is 0. The van der Waals surface area contributed by atoms with E-state index in [1.54, 1.807) is 0 Å². The predicted molar refractivity (Wildman–Crippen MR) is 201 cm³/mol. The Kier molecular flexibility index (Phi) is 5.68. The summed E-state index contributed by atoms with van der Waals surface area (Å²) in [7, 11) is -1.91. The summed E-state index contributed by atoms with van der Waals surface area (Å²) in [5, 5.41) is 8.14. The molecule has 1 nitrogen and oxygen atoms in total. The first-order valence-electron chi connectivity index (χ1n) is 16.5. The summed E-state index contributed by atoms with van der Waals surface area (Å²) < 4.78 is 0. The van der Waals surface area contributed by atoms with Gasteiger partial charge in [0.2, 0.25) is 0 Å². The second-order valence-corrected chi connectivity index (χ2v) is 18.6. The van der Waals surface area contributed by atoms with Crippen molar-refractivity contribution in [3.05, 3.63) is 150 Å². The van der Waals surface area contributed by atoms with Gasteiger partial charge in [-0.2, -0.15) is 0 Å². The molecular weight excluding hydrogens is 571 g/mol. The third kappa shape index (κ3) is 3.62. The molecule has 1 aliphatic carbocycles. The van der Waals surface area contributed by atoms with Crippen LogP contribution in [0.15, 0.2) is 133 Å². The SMILES string of the molecule is Cc1ccc2c(N3c4ccccc4[Si](C)(C)c4ccccc43)c3ccccc3c(-c3ccc4c(c3)C(C)(C)c3ccccc3-4)c2c1. The van der Waals surface area contributed by atoms with Crippen LogP contribution < -0.4 is 15.3 Å². The van der Waals surface area contributed by atoms with Gasteiger partial charge < -0.3 is 4.90 Å². The highest BCUT2D eigenvalue weighted by atomic mass is 28.3. The van der Waals surface area contributed by atoms with Crippen molar-refractivity contribution in [3.8, 4) is 22.3 Å². The molecule has 0 radical (unpaired) electrons. The van der Waals surface area contributed by atoms with E-state index >= 15 is 0 Å². The lowest BCUT2D eigenvalue weighted by Crippen LogP contribution is -2.58. The lowest BCUT2D eigenvalue weighted by Gasteiger charge is -2.42. The minimum Gasteiger partial charge on any atom is -0.309 e. The van der Waals surface area contributed by atoms with Crippen LogP contribution in [0.1, 0.15) is 30.5 Å². The van der Waals surface area contributed by atoms with E-state index in [0.717, 1.165) is 0 Å². The number of anilines is 3. The number of fused-ring (bicyclic) bond motifs is 7. The van der Waals surface area contributed by atoms with Crippen molar-refractivity contribution in [2.24, 2.45) is 0 Å². The van der Waals surface area contributed by atoms with E-state index in [1.807, 2.05) is 0 Å². The van der Waals surface area contributed by atoms with E-state index in [-0.39, 0.29) is 5.41 Å². The molecule has 0 fully saturated rings. The molecule has 0 N–H and O–H groups in total. The molecule has 222 valence electrons. The Morgan fingerprint density at radius 1 is 0.522 bits per heavy atom. The van der Waals surface area contributed by atoms with Crippen molar-refractivity contribution in [2.45, 2.75) is 39.3 Å². The van der Waals surface area contributed by atoms with E-state index in [0.29, 0.717) is 0 Å². The maximum absolute atomic E-state index is 2.58. The fraction of sp³-hybridized carbons (Fsp3) is 0.136. The van der Waals surface area contributed by atoms with Crippen LogP contribution in [0.25, 0.3) is 43.8 Å². The maximum atomic E-state index is 2.58. The lowest BCUT2D eigenvalue weighted by molar-refractivity contribution is 0.660. The Labute approximate surface area is 272 Å². The van der Waals surface area contributed by atoms with Gasteiger partial charge in [-0.1, -0.05) is 148 Å². The van der Waals surface area contributed by atoms with Crippen LogP contribution in [-0.2, 0) is 5.41 Å². The number of aryl methyl sites for hydroxylation is 1. The van der Waals surface area contributed by atoms with Crippen LogP contribution in [0.2, 0.25) is 13.1 Å². The topological polar surface area (TPSA) is 3.24 Å². The van der Waals surface area contributed by atoms with Crippen LogP contribution in [0.5, 0.6) is 0 Å². The first-order chi connectivity index (χ1) is 22.3. The fourth-order valence-corrected chi connectivity index (χ4v) is 11.6. The predicted octanol–water partition coefficient (Wildman–Crippen LogP) is 10.9. The standard InChI is InChI=1S/C44H37NSi/c1-28-22-24-34-35(26-28)42(29-23-25-31-30-14-8-9-17-36(30)44(2,3)37(31)27-29)32-15-6-7-16-33(32)43(34)45-38-18-10-12-20-40(38)46(4,5)41-21-13-11-19-39(41)45/h6-27H,1-5H3. The first-order valence-corrected chi connectivity index (χ1v) is 19.5. The summed E-state index contributed by atoms with van der Waals surface area (Å²) in [6, 6.07) is 50.6. The van der Waals surface area contributed by atoms with Gasteiger partial charge >= 0.3 is 0 Å². The Bertz CT molecular complexity index is 2350. The molecule has 9 rings (SSSR count). The molecule has 0 saturated heterocycles. The van der Waals surface area contributed by atoms with Crippen molar-refractivity contribution < 1.29 is 0 Å². The number of benzene rings is 7. The minimum absolute atomic E-state index is 0.0543. The fourth-order valence-electron chi connectivity index (χ4n) is 8.59. The van der Waals surface area contributed by atoms with Crippen LogP contribution in [0.4, 0.5) is 17.1 Å². The number of rotatable bonds is 2. The van der Waals surface area contributed by atoms with Gasteiger partial charge in [0, 0.05) is 27.6 Å². The smallest absolute Gasteiger partial charge is 0.117 e. The average Bonchev–Trinajstić information content (AvgIpc) is 3.30. The second-order valence-electron chi connectivity index (χ2n) is 14.2. The van der Waals surface area contributed by atoms with Gasteiger partial charge in [-0.15, -0.1) is 0 Å². The summed E-state index contributed by atoms with van der Waals surface area (Å²) >= 11 is 0. The Balaban J connectivity index is 1.38. The third-order valence-electron chi connectivity index (χ3n) is 10.9. The van der Waals surface area contributed by atoms with E-state index in [2.05, 4.69) is 172 Å². The number of para-hydroxylation sites is 2. The number of nitrogens with zero attached hydrogens (tertiary/aromatic N) is 1. The molecule has 0 unspecified atom stereocenters. The van der Waals surface area contributed by atoms with Gasteiger partial charge in [0.05, 0.1) is 5.69 Å². The summed E-state index contributed by atoms with van der Waals surface area (Å²) in [5.74, 6) is 0.